The van der Waals surface area contributed by atoms with Crippen LogP contribution in [0.2, 0.25) is 0 Å². The van der Waals surface area contributed by atoms with E-state index in [1.807, 2.05) is 13.8 Å². The zero-order chi connectivity index (χ0) is 11.5. The van der Waals surface area contributed by atoms with Gasteiger partial charge in [-0.05, 0) is 26.0 Å². The molecule has 84 valence electrons. The minimum absolute atomic E-state index is 0.0817. The maximum absolute atomic E-state index is 13.4. The number of rotatable bonds is 3. The van der Waals surface area contributed by atoms with Crippen LogP contribution in [0.4, 0.5) is 4.39 Å². The number of hydrogen-bond acceptors (Lipinski definition) is 2. The topological polar surface area (TPSA) is 27.1 Å². The molecule has 0 amide bonds. The summed E-state index contributed by atoms with van der Waals surface area (Å²) in [4.78, 5) is 0. The summed E-state index contributed by atoms with van der Waals surface area (Å²) in [6.07, 6.45) is 3.32. The van der Waals surface area contributed by atoms with Gasteiger partial charge in [-0.15, -0.1) is 0 Å². The van der Waals surface area contributed by atoms with Crippen LogP contribution in [0.15, 0.2) is 36.7 Å². The zero-order valence-electron chi connectivity index (χ0n) is 9.22. The number of nitrogens with zero attached hydrogens (tertiary/aromatic N) is 2. The van der Waals surface area contributed by atoms with Crippen LogP contribution in [0.5, 0.6) is 5.75 Å². The van der Waals surface area contributed by atoms with E-state index in [1.54, 1.807) is 30.6 Å². The van der Waals surface area contributed by atoms with Crippen molar-refractivity contribution < 1.29 is 9.13 Å². The molecule has 0 spiro atoms. The first-order valence-corrected chi connectivity index (χ1v) is 5.13. The first kappa shape index (κ1) is 10.7. The lowest BCUT2D eigenvalue weighted by molar-refractivity contribution is 0.242. The molecule has 0 aliphatic rings. The summed E-state index contributed by atoms with van der Waals surface area (Å²) >= 11 is 0. The highest BCUT2D eigenvalue weighted by molar-refractivity contribution is 5.33. The van der Waals surface area contributed by atoms with Gasteiger partial charge in [-0.3, -0.25) is 0 Å². The van der Waals surface area contributed by atoms with E-state index in [0.29, 0.717) is 11.4 Å². The maximum Gasteiger partial charge on any atom is 0.158 e. The van der Waals surface area contributed by atoms with Crippen LogP contribution in [0, 0.1) is 5.82 Å². The van der Waals surface area contributed by atoms with Gasteiger partial charge in [0.1, 0.15) is 11.5 Å². The Morgan fingerprint density at radius 2 is 2.06 bits per heavy atom. The van der Waals surface area contributed by atoms with Gasteiger partial charge in [0, 0.05) is 0 Å². The summed E-state index contributed by atoms with van der Waals surface area (Å²) in [5.74, 6) is 0.333. The molecule has 4 heteroatoms. The molecule has 0 bridgehead atoms. The van der Waals surface area contributed by atoms with Crippen molar-refractivity contribution in [3.8, 4) is 11.4 Å². The summed E-state index contributed by atoms with van der Waals surface area (Å²) in [5.41, 5.74) is 0.418. The highest BCUT2D eigenvalue weighted by Crippen LogP contribution is 2.16. The Bertz CT molecular complexity index is 479. The quantitative estimate of drug-likeness (QED) is 0.795. The van der Waals surface area contributed by atoms with E-state index in [0.717, 1.165) is 0 Å². The molecular formula is C12H13FN2O. The van der Waals surface area contributed by atoms with E-state index >= 15 is 0 Å². The molecule has 3 nitrogen and oxygen atoms in total. The first-order chi connectivity index (χ1) is 7.66. The van der Waals surface area contributed by atoms with Crippen LogP contribution in [0.1, 0.15) is 13.8 Å². The Balaban J connectivity index is 2.28. The van der Waals surface area contributed by atoms with E-state index in [2.05, 4.69) is 5.10 Å². The Morgan fingerprint density at radius 3 is 2.75 bits per heavy atom. The standard InChI is InChI=1S/C12H13FN2O/c1-9(2)16-10-7-14-15(8-10)12-6-4-3-5-11(12)13/h3-9H,1-2H3. The summed E-state index contributed by atoms with van der Waals surface area (Å²) in [7, 11) is 0. The van der Waals surface area contributed by atoms with Gasteiger partial charge in [-0.1, -0.05) is 12.1 Å². The summed E-state index contributed by atoms with van der Waals surface area (Å²) < 4.78 is 20.4. The number of aromatic nitrogens is 2. The third-order valence-corrected chi connectivity index (χ3v) is 2.03. The number of para-hydroxylation sites is 1. The molecule has 1 heterocycles. The van der Waals surface area contributed by atoms with Gasteiger partial charge in [0.25, 0.3) is 0 Å². The fourth-order valence-electron chi connectivity index (χ4n) is 1.41. The van der Waals surface area contributed by atoms with Gasteiger partial charge in [0.15, 0.2) is 5.75 Å². The summed E-state index contributed by atoms with van der Waals surface area (Å²) in [5, 5.41) is 4.05. The highest BCUT2D eigenvalue weighted by atomic mass is 19.1. The predicted molar refractivity (Wildman–Crippen MR) is 59.3 cm³/mol. The number of halogens is 1. The molecule has 2 rings (SSSR count). The van der Waals surface area contributed by atoms with Crippen molar-refractivity contribution in [1.82, 2.24) is 9.78 Å². The van der Waals surface area contributed by atoms with Crippen LogP contribution >= 0.6 is 0 Å². The normalized spacial score (nSPS) is 10.8. The lowest BCUT2D eigenvalue weighted by atomic mass is 10.3. The molecule has 0 aliphatic heterocycles. The van der Waals surface area contributed by atoms with E-state index in [4.69, 9.17) is 4.74 Å². The van der Waals surface area contributed by atoms with Gasteiger partial charge < -0.3 is 4.74 Å². The minimum Gasteiger partial charge on any atom is -0.488 e. The molecule has 0 fully saturated rings. The van der Waals surface area contributed by atoms with Crippen LogP contribution in [-0.4, -0.2) is 15.9 Å². The zero-order valence-corrected chi connectivity index (χ0v) is 9.22. The Hall–Kier alpha value is -1.84. The highest BCUT2D eigenvalue weighted by Gasteiger charge is 2.06. The van der Waals surface area contributed by atoms with Crippen LogP contribution in [-0.2, 0) is 0 Å². The molecule has 0 saturated carbocycles. The number of hydrogen-bond donors (Lipinski definition) is 0. The van der Waals surface area contributed by atoms with Gasteiger partial charge in [-0.2, -0.15) is 5.10 Å². The molecule has 1 aromatic carbocycles. The third-order valence-electron chi connectivity index (χ3n) is 2.03. The first-order valence-electron chi connectivity index (χ1n) is 5.13. The average Bonchev–Trinajstić information content (AvgIpc) is 2.66. The second-order valence-electron chi connectivity index (χ2n) is 3.74. The van der Waals surface area contributed by atoms with E-state index in [-0.39, 0.29) is 11.9 Å². The Labute approximate surface area is 93.5 Å². The molecular weight excluding hydrogens is 207 g/mol. The maximum atomic E-state index is 13.4. The average molecular weight is 220 g/mol. The molecule has 2 aromatic rings. The molecule has 0 saturated heterocycles. The largest absolute Gasteiger partial charge is 0.488 e. The lowest BCUT2D eigenvalue weighted by Crippen LogP contribution is -2.04. The van der Waals surface area contributed by atoms with Gasteiger partial charge in [0.2, 0.25) is 0 Å². The summed E-state index contributed by atoms with van der Waals surface area (Å²) in [6.45, 7) is 3.86. The van der Waals surface area contributed by atoms with E-state index < -0.39 is 0 Å². The van der Waals surface area contributed by atoms with Gasteiger partial charge >= 0.3 is 0 Å². The molecule has 0 radical (unpaired) electrons. The number of benzene rings is 1. The second kappa shape index (κ2) is 4.35. The SMILES string of the molecule is CC(C)Oc1cnn(-c2ccccc2F)c1. The molecule has 0 atom stereocenters. The van der Waals surface area contributed by atoms with Crippen molar-refractivity contribution >= 4 is 0 Å². The lowest BCUT2D eigenvalue weighted by Gasteiger charge is -2.05. The molecule has 0 aliphatic carbocycles. The van der Waals surface area contributed by atoms with Crippen LogP contribution < -0.4 is 4.74 Å². The monoisotopic (exact) mass is 220 g/mol. The van der Waals surface area contributed by atoms with Crippen molar-refractivity contribution in [1.29, 1.82) is 0 Å². The Kier molecular flexibility index (Phi) is 2.90. The van der Waals surface area contributed by atoms with E-state index in [9.17, 15) is 4.39 Å². The van der Waals surface area contributed by atoms with Gasteiger partial charge in [-0.25, -0.2) is 9.07 Å². The van der Waals surface area contributed by atoms with E-state index in [1.165, 1.54) is 10.7 Å². The summed E-state index contributed by atoms with van der Waals surface area (Å²) in [6, 6.07) is 6.48. The Morgan fingerprint density at radius 1 is 1.31 bits per heavy atom. The fourth-order valence-corrected chi connectivity index (χ4v) is 1.41. The van der Waals surface area contributed by atoms with Crippen molar-refractivity contribution in [3.05, 3.63) is 42.5 Å². The molecule has 0 N–H and O–H groups in total. The van der Waals surface area contributed by atoms with Crippen LogP contribution in [0.25, 0.3) is 5.69 Å². The molecule has 16 heavy (non-hydrogen) atoms. The third kappa shape index (κ3) is 2.21. The van der Waals surface area contributed by atoms with Crippen molar-refractivity contribution in [3.63, 3.8) is 0 Å². The fraction of sp³-hybridized carbons (Fsp3) is 0.250. The van der Waals surface area contributed by atoms with Crippen LogP contribution in [0.3, 0.4) is 0 Å². The van der Waals surface area contributed by atoms with Gasteiger partial charge in [0.05, 0.1) is 18.5 Å². The predicted octanol–water partition coefficient (Wildman–Crippen LogP) is 2.80. The molecule has 0 unspecified atom stereocenters. The van der Waals surface area contributed by atoms with Crippen molar-refractivity contribution in [2.45, 2.75) is 20.0 Å². The smallest absolute Gasteiger partial charge is 0.158 e. The minimum atomic E-state index is -0.304. The van der Waals surface area contributed by atoms with Crippen molar-refractivity contribution in [2.75, 3.05) is 0 Å². The second-order valence-corrected chi connectivity index (χ2v) is 3.74. The number of ether oxygens (including phenoxy) is 1. The van der Waals surface area contributed by atoms with Crippen molar-refractivity contribution in [2.24, 2.45) is 0 Å². The molecule has 1 aromatic heterocycles.